The van der Waals surface area contributed by atoms with Crippen LogP contribution in [0.4, 0.5) is 0 Å². The van der Waals surface area contributed by atoms with Crippen LogP contribution in [0.15, 0.2) is 79.0 Å². The summed E-state index contributed by atoms with van der Waals surface area (Å²) in [6.45, 7) is 8.18. The summed E-state index contributed by atoms with van der Waals surface area (Å²) in [5.41, 5.74) is 4.76. The van der Waals surface area contributed by atoms with Gasteiger partial charge in [0.25, 0.3) is 0 Å². The third kappa shape index (κ3) is 4.04. The number of carbonyl (C=O) groups is 1. The number of carbonyl (C=O) groups excluding carboxylic acids is 1. The van der Waals surface area contributed by atoms with Crippen LogP contribution in [0.5, 0.6) is 0 Å². The van der Waals surface area contributed by atoms with E-state index in [9.17, 15) is 4.79 Å². The van der Waals surface area contributed by atoms with E-state index in [1.54, 1.807) is 6.08 Å². The molecule has 1 unspecified atom stereocenters. The van der Waals surface area contributed by atoms with Gasteiger partial charge in [0.2, 0.25) is 5.91 Å². The molecule has 0 radical (unpaired) electrons. The van der Waals surface area contributed by atoms with Crippen LogP contribution < -0.4 is 0 Å². The second-order valence-corrected chi connectivity index (χ2v) is 8.68. The van der Waals surface area contributed by atoms with E-state index in [4.69, 9.17) is 0 Å². The first-order valence-corrected chi connectivity index (χ1v) is 10.2. The van der Waals surface area contributed by atoms with E-state index in [1.807, 2.05) is 41.3 Å². The molecule has 0 saturated carbocycles. The van der Waals surface area contributed by atoms with Gasteiger partial charge in [-0.05, 0) is 40.3 Å². The van der Waals surface area contributed by atoms with Crippen molar-refractivity contribution in [3.8, 4) is 0 Å². The molecule has 4 rings (SSSR count). The van der Waals surface area contributed by atoms with E-state index >= 15 is 0 Å². The normalized spacial score (nSPS) is 16.8. The van der Waals surface area contributed by atoms with Crippen LogP contribution in [-0.4, -0.2) is 21.9 Å². The zero-order valence-electron chi connectivity index (χ0n) is 17.4. The Labute approximate surface area is 173 Å². The van der Waals surface area contributed by atoms with Crippen LogP contribution in [0, 0.1) is 0 Å². The Hall–Kier alpha value is -3.07. The van der Waals surface area contributed by atoms with Crippen LogP contribution >= 0.6 is 0 Å². The fraction of sp³-hybridized carbons (Fsp3) is 0.269. The zero-order chi connectivity index (χ0) is 20.4. The van der Waals surface area contributed by atoms with E-state index in [0.717, 1.165) is 17.7 Å². The number of fused-ring (bicyclic) bond motifs is 1. The van der Waals surface area contributed by atoms with Gasteiger partial charge < -0.3 is 9.47 Å². The lowest BCUT2D eigenvalue weighted by atomic mass is 9.86. The van der Waals surface area contributed by atoms with Crippen molar-refractivity contribution >= 4 is 12.0 Å². The first kappa shape index (κ1) is 19.3. The lowest BCUT2D eigenvalue weighted by molar-refractivity contribution is -0.128. The summed E-state index contributed by atoms with van der Waals surface area (Å²) in [5.74, 6) is 0.0474. The summed E-state index contributed by atoms with van der Waals surface area (Å²) in [7, 11) is 0. The third-order valence-electron chi connectivity index (χ3n) is 5.63. The predicted molar refractivity (Wildman–Crippen MR) is 119 cm³/mol. The highest BCUT2D eigenvalue weighted by Gasteiger charge is 2.31. The van der Waals surface area contributed by atoms with Crippen LogP contribution in [-0.2, 0) is 16.8 Å². The lowest BCUT2D eigenvalue weighted by Gasteiger charge is -2.37. The van der Waals surface area contributed by atoms with Gasteiger partial charge in [0.05, 0.1) is 6.04 Å². The molecule has 2 heterocycles. The molecular weight excluding hydrogens is 356 g/mol. The van der Waals surface area contributed by atoms with E-state index in [2.05, 4.69) is 67.9 Å². The van der Waals surface area contributed by atoms with Crippen LogP contribution in [0.1, 0.15) is 49.2 Å². The Kier molecular flexibility index (Phi) is 5.14. The maximum atomic E-state index is 13.1. The molecule has 29 heavy (non-hydrogen) atoms. The Morgan fingerprint density at radius 2 is 1.66 bits per heavy atom. The summed E-state index contributed by atoms with van der Waals surface area (Å²) in [6.07, 6.45) is 5.70. The zero-order valence-corrected chi connectivity index (χ0v) is 17.4. The van der Waals surface area contributed by atoms with Gasteiger partial charge in [0.1, 0.15) is 0 Å². The van der Waals surface area contributed by atoms with Crippen LogP contribution in [0.3, 0.4) is 0 Å². The van der Waals surface area contributed by atoms with Crippen molar-refractivity contribution in [2.24, 2.45) is 0 Å². The molecule has 1 amide bonds. The number of nitrogens with zero attached hydrogens (tertiary/aromatic N) is 2. The molecule has 1 aliphatic heterocycles. The first-order chi connectivity index (χ1) is 13.9. The van der Waals surface area contributed by atoms with Gasteiger partial charge in [0.15, 0.2) is 0 Å². The molecule has 1 aromatic heterocycles. The minimum atomic E-state index is -0.0688. The maximum absolute atomic E-state index is 13.1. The van der Waals surface area contributed by atoms with E-state index in [-0.39, 0.29) is 17.4 Å². The predicted octanol–water partition coefficient (Wildman–Crippen LogP) is 5.43. The monoisotopic (exact) mass is 384 g/mol. The second kappa shape index (κ2) is 7.75. The summed E-state index contributed by atoms with van der Waals surface area (Å²) in [5, 5.41) is 0. The maximum Gasteiger partial charge on any atom is 0.247 e. The van der Waals surface area contributed by atoms with Gasteiger partial charge in [-0.15, -0.1) is 0 Å². The highest BCUT2D eigenvalue weighted by atomic mass is 16.2. The van der Waals surface area contributed by atoms with E-state index in [0.29, 0.717) is 6.54 Å². The molecule has 0 bridgehead atoms. The molecule has 3 heteroatoms. The van der Waals surface area contributed by atoms with Gasteiger partial charge in [-0.2, -0.15) is 0 Å². The van der Waals surface area contributed by atoms with Gasteiger partial charge in [-0.3, -0.25) is 4.79 Å². The van der Waals surface area contributed by atoms with Gasteiger partial charge >= 0.3 is 0 Å². The number of hydrogen-bond donors (Lipinski definition) is 0. The number of rotatable bonds is 3. The lowest BCUT2D eigenvalue weighted by Crippen LogP contribution is -2.41. The topological polar surface area (TPSA) is 25.2 Å². The molecular formula is C26H28N2O. The van der Waals surface area contributed by atoms with Gasteiger partial charge in [-0.25, -0.2) is 0 Å². The molecule has 0 N–H and O–H groups in total. The van der Waals surface area contributed by atoms with Gasteiger partial charge in [-0.1, -0.05) is 75.4 Å². The van der Waals surface area contributed by atoms with Crippen molar-refractivity contribution < 1.29 is 4.79 Å². The van der Waals surface area contributed by atoms with E-state index in [1.165, 1.54) is 11.3 Å². The average molecular weight is 385 g/mol. The summed E-state index contributed by atoms with van der Waals surface area (Å²) in [4.78, 5) is 15.1. The Morgan fingerprint density at radius 1 is 0.931 bits per heavy atom. The highest BCUT2D eigenvalue weighted by Crippen LogP contribution is 2.34. The Bertz CT molecular complexity index is 1010. The van der Waals surface area contributed by atoms with E-state index < -0.39 is 0 Å². The number of hydrogen-bond acceptors (Lipinski definition) is 1. The van der Waals surface area contributed by atoms with Crippen molar-refractivity contribution in [3.05, 3.63) is 101 Å². The fourth-order valence-electron chi connectivity index (χ4n) is 3.96. The van der Waals surface area contributed by atoms with Crippen LogP contribution in [0.25, 0.3) is 6.08 Å². The smallest absolute Gasteiger partial charge is 0.247 e. The third-order valence-corrected chi connectivity index (χ3v) is 5.63. The highest BCUT2D eigenvalue weighted by molar-refractivity contribution is 5.92. The van der Waals surface area contributed by atoms with Gasteiger partial charge in [0, 0.05) is 31.1 Å². The van der Waals surface area contributed by atoms with Crippen molar-refractivity contribution in [2.45, 2.75) is 38.8 Å². The minimum absolute atomic E-state index is 0.0474. The molecule has 1 atom stereocenters. The quantitative estimate of drug-likeness (QED) is 0.553. The summed E-state index contributed by atoms with van der Waals surface area (Å²) in [6, 6.07) is 22.8. The molecule has 0 aliphatic carbocycles. The molecule has 2 aromatic carbocycles. The van der Waals surface area contributed by atoms with Crippen LogP contribution in [0.2, 0.25) is 0 Å². The standard InChI is InChI=1S/C26H28N2O/c1-26(2,3)22-14-12-21(13-15-22)25-23-10-7-17-27(23)18-19-28(25)24(29)16-11-20-8-5-4-6-9-20/h4-17,25H,18-19H2,1-3H3. The second-order valence-electron chi connectivity index (χ2n) is 8.68. The number of benzene rings is 2. The SMILES string of the molecule is CC(C)(C)c1ccc(C2c3cccn3CCN2C(=O)C=Cc2ccccc2)cc1. The number of amides is 1. The molecule has 1 aliphatic rings. The summed E-state index contributed by atoms with van der Waals surface area (Å²) >= 11 is 0. The van der Waals surface area contributed by atoms with Crippen molar-refractivity contribution in [1.29, 1.82) is 0 Å². The molecule has 3 aromatic rings. The Morgan fingerprint density at radius 3 is 2.34 bits per heavy atom. The molecule has 0 saturated heterocycles. The summed E-state index contributed by atoms with van der Waals surface area (Å²) < 4.78 is 2.26. The van der Waals surface area contributed by atoms with Crippen molar-refractivity contribution in [3.63, 3.8) is 0 Å². The fourth-order valence-corrected chi connectivity index (χ4v) is 3.96. The molecule has 0 spiro atoms. The van der Waals surface area contributed by atoms with Crippen molar-refractivity contribution in [1.82, 2.24) is 9.47 Å². The average Bonchev–Trinajstić information content (AvgIpc) is 3.20. The molecule has 3 nitrogen and oxygen atoms in total. The minimum Gasteiger partial charge on any atom is -0.348 e. The van der Waals surface area contributed by atoms with Crippen molar-refractivity contribution in [2.75, 3.05) is 6.54 Å². The Balaban J connectivity index is 1.66. The molecule has 0 fully saturated rings. The number of aromatic nitrogens is 1. The first-order valence-electron chi connectivity index (χ1n) is 10.2. The largest absolute Gasteiger partial charge is 0.348 e. The molecule has 148 valence electrons.